The van der Waals surface area contributed by atoms with Crippen LogP contribution in [0.3, 0.4) is 0 Å². The molecule has 1 aromatic carbocycles. The molecular weight excluding hydrogens is 344 g/mol. The largest absolute Gasteiger partial charge is 0.497 e. The van der Waals surface area contributed by atoms with Crippen LogP contribution in [0.15, 0.2) is 28.1 Å². The molecule has 0 aliphatic carbocycles. The topological polar surface area (TPSA) is 44.8 Å². The van der Waals surface area contributed by atoms with Gasteiger partial charge in [0, 0.05) is 10.5 Å². The van der Waals surface area contributed by atoms with Crippen LogP contribution in [-0.4, -0.2) is 27.1 Å². The molecule has 20 heavy (non-hydrogen) atoms. The second kappa shape index (κ2) is 6.28. The standard InChI is InChI=1S/C14H13BrO4S/c1-17-8-6-9(15)12(11(7-8)19-3)13(16)14-10(18-2)4-5-20-14/h4-7H,1-3H3. The highest BCUT2D eigenvalue weighted by atomic mass is 79.9. The van der Waals surface area contributed by atoms with Crippen molar-refractivity contribution in [1.29, 1.82) is 0 Å². The number of ketones is 1. The van der Waals surface area contributed by atoms with Crippen molar-refractivity contribution in [2.24, 2.45) is 0 Å². The second-order valence-corrected chi connectivity index (χ2v) is 5.60. The van der Waals surface area contributed by atoms with Crippen LogP contribution in [-0.2, 0) is 0 Å². The fraction of sp³-hybridized carbons (Fsp3) is 0.214. The highest BCUT2D eigenvalue weighted by molar-refractivity contribution is 9.10. The van der Waals surface area contributed by atoms with Gasteiger partial charge in [-0.3, -0.25) is 4.79 Å². The van der Waals surface area contributed by atoms with Gasteiger partial charge in [-0.05, 0) is 33.4 Å². The molecule has 0 aliphatic heterocycles. The van der Waals surface area contributed by atoms with Gasteiger partial charge in [0.05, 0.1) is 26.9 Å². The summed E-state index contributed by atoms with van der Waals surface area (Å²) < 4.78 is 16.3. The predicted octanol–water partition coefficient (Wildman–Crippen LogP) is 3.77. The second-order valence-electron chi connectivity index (χ2n) is 3.83. The van der Waals surface area contributed by atoms with Gasteiger partial charge >= 0.3 is 0 Å². The van der Waals surface area contributed by atoms with E-state index in [0.29, 0.717) is 32.2 Å². The molecule has 106 valence electrons. The molecule has 1 aromatic heterocycles. The fourth-order valence-electron chi connectivity index (χ4n) is 1.79. The monoisotopic (exact) mass is 356 g/mol. The molecule has 0 saturated heterocycles. The first-order valence-corrected chi connectivity index (χ1v) is 7.37. The van der Waals surface area contributed by atoms with E-state index in [9.17, 15) is 4.79 Å². The van der Waals surface area contributed by atoms with Crippen LogP contribution in [0.2, 0.25) is 0 Å². The molecule has 0 amide bonds. The van der Waals surface area contributed by atoms with Crippen LogP contribution in [0.4, 0.5) is 0 Å². The minimum absolute atomic E-state index is 0.150. The molecule has 6 heteroatoms. The average Bonchev–Trinajstić information content (AvgIpc) is 2.93. The molecule has 0 saturated carbocycles. The lowest BCUT2D eigenvalue weighted by Gasteiger charge is -2.12. The maximum absolute atomic E-state index is 12.7. The minimum Gasteiger partial charge on any atom is -0.497 e. The van der Waals surface area contributed by atoms with E-state index >= 15 is 0 Å². The molecule has 0 fully saturated rings. The van der Waals surface area contributed by atoms with Crippen LogP contribution in [0, 0.1) is 0 Å². The maximum atomic E-state index is 12.7. The SMILES string of the molecule is COc1cc(Br)c(C(=O)c2sccc2OC)c(OC)c1. The number of benzene rings is 1. The van der Waals surface area contributed by atoms with E-state index in [1.165, 1.54) is 18.4 Å². The van der Waals surface area contributed by atoms with E-state index in [1.807, 2.05) is 5.38 Å². The first-order chi connectivity index (χ1) is 9.62. The Morgan fingerprint density at radius 1 is 1.10 bits per heavy atom. The van der Waals surface area contributed by atoms with Crippen LogP contribution in [0.1, 0.15) is 15.2 Å². The number of ether oxygens (including phenoxy) is 3. The summed E-state index contributed by atoms with van der Waals surface area (Å²) in [6.07, 6.45) is 0. The van der Waals surface area contributed by atoms with E-state index in [0.717, 1.165) is 0 Å². The lowest BCUT2D eigenvalue weighted by atomic mass is 10.1. The predicted molar refractivity (Wildman–Crippen MR) is 81.5 cm³/mol. The van der Waals surface area contributed by atoms with Crippen molar-refractivity contribution >= 4 is 33.0 Å². The van der Waals surface area contributed by atoms with Crippen molar-refractivity contribution in [2.45, 2.75) is 0 Å². The molecule has 2 aromatic rings. The maximum Gasteiger partial charge on any atom is 0.211 e. The van der Waals surface area contributed by atoms with Gasteiger partial charge in [0.25, 0.3) is 0 Å². The fourth-order valence-corrected chi connectivity index (χ4v) is 3.20. The summed E-state index contributed by atoms with van der Waals surface area (Å²) in [5, 5.41) is 1.82. The van der Waals surface area contributed by atoms with E-state index in [1.54, 1.807) is 32.4 Å². The highest BCUT2D eigenvalue weighted by Gasteiger charge is 2.23. The Morgan fingerprint density at radius 2 is 1.80 bits per heavy atom. The Balaban J connectivity index is 2.54. The summed E-state index contributed by atoms with van der Waals surface area (Å²) >= 11 is 4.73. The summed E-state index contributed by atoms with van der Waals surface area (Å²) in [5.41, 5.74) is 0.453. The number of rotatable bonds is 5. The van der Waals surface area contributed by atoms with Crippen LogP contribution < -0.4 is 14.2 Å². The lowest BCUT2D eigenvalue weighted by molar-refractivity contribution is 0.103. The lowest BCUT2D eigenvalue weighted by Crippen LogP contribution is -2.05. The van der Waals surface area contributed by atoms with E-state index < -0.39 is 0 Å². The van der Waals surface area contributed by atoms with Gasteiger partial charge < -0.3 is 14.2 Å². The third kappa shape index (κ3) is 2.66. The molecule has 2 rings (SSSR count). The first kappa shape index (κ1) is 14.9. The van der Waals surface area contributed by atoms with Crippen molar-refractivity contribution < 1.29 is 19.0 Å². The Kier molecular flexibility index (Phi) is 4.67. The molecule has 4 nitrogen and oxygen atoms in total. The van der Waals surface area contributed by atoms with E-state index in [2.05, 4.69) is 15.9 Å². The van der Waals surface area contributed by atoms with Crippen molar-refractivity contribution in [1.82, 2.24) is 0 Å². The quantitative estimate of drug-likeness (QED) is 0.765. The molecular formula is C14H13BrO4S. The van der Waals surface area contributed by atoms with Gasteiger partial charge in [-0.1, -0.05) is 0 Å². The molecule has 0 atom stereocenters. The normalized spacial score (nSPS) is 10.2. The van der Waals surface area contributed by atoms with Crippen molar-refractivity contribution in [3.8, 4) is 17.2 Å². The van der Waals surface area contributed by atoms with Gasteiger partial charge in [0.1, 0.15) is 22.1 Å². The molecule has 0 spiro atoms. The Hall–Kier alpha value is -1.53. The van der Waals surface area contributed by atoms with E-state index in [4.69, 9.17) is 14.2 Å². The van der Waals surface area contributed by atoms with Gasteiger partial charge in [0.2, 0.25) is 5.78 Å². The molecule has 0 unspecified atom stereocenters. The summed E-state index contributed by atoms with van der Waals surface area (Å²) in [4.78, 5) is 13.2. The molecule has 0 bridgehead atoms. The Labute approximate surface area is 129 Å². The molecule has 0 N–H and O–H groups in total. The van der Waals surface area contributed by atoms with Crippen LogP contribution in [0.5, 0.6) is 17.2 Å². The van der Waals surface area contributed by atoms with Gasteiger partial charge in [0.15, 0.2) is 0 Å². The first-order valence-electron chi connectivity index (χ1n) is 5.70. The minimum atomic E-state index is -0.150. The zero-order valence-electron chi connectivity index (χ0n) is 11.2. The average molecular weight is 357 g/mol. The third-order valence-corrected chi connectivity index (χ3v) is 4.29. The summed E-state index contributed by atoms with van der Waals surface area (Å²) in [6.45, 7) is 0. The number of thiophene rings is 1. The highest BCUT2D eigenvalue weighted by Crippen LogP contribution is 2.37. The zero-order valence-corrected chi connectivity index (χ0v) is 13.6. The van der Waals surface area contributed by atoms with Crippen molar-refractivity contribution in [3.05, 3.63) is 38.5 Å². The summed E-state index contributed by atoms with van der Waals surface area (Å²) in [5.74, 6) is 1.48. The smallest absolute Gasteiger partial charge is 0.211 e. The van der Waals surface area contributed by atoms with Gasteiger partial charge in [-0.25, -0.2) is 0 Å². The molecule has 0 aliphatic rings. The number of methoxy groups -OCH3 is 3. The van der Waals surface area contributed by atoms with E-state index in [-0.39, 0.29) is 5.78 Å². The van der Waals surface area contributed by atoms with Crippen LogP contribution >= 0.6 is 27.3 Å². The molecule has 1 heterocycles. The number of halogens is 1. The number of hydrogen-bond donors (Lipinski definition) is 0. The Morgan fingerprint density at radius 3 is 2.40 bits per heavy atom. The van der Waals surface area contributed by atoms with Crippen molar-refractivity contribution in [3.63, 3.8) is 0 Å². The molecule has 0 radical (unpaired) electrons. The third-order valence-electron chi connectivity index (χ3n) is 2.77. The van der Waals surface area contributed by atoms with Crippen LogP contribution in [0.25, 0.3) is 0 Å². The summed E-state index contributed by atoms with van der Waals surface area (Å²) in [7, 11) is 4.62. The number of carbonyl (C=O) groups is 1. The zero-order chi connectivity index (χ0) is 14.7. The van der Waals surface area contributed by atoms with Crippen molar-refractivity contribution in [2.75, 3.05) is 21.3 Å². The summed E-state index contributed by atoms with van der Waals surface area (Å²) in [6, 6.07) is 5.18. The Bertz CT molecular complexity index is 636. The van der Waals surface area contributed by atoms with Gasteiger partial charge in [-0.15, -0.1) is 11.3 Å². The van der Waals surface area contributed by atoms with Gasteiger partial charge in [-0.2, -0.15) is 0 Å². The number of carbonyl (C=O) groups excluding carboxylic acids is 1. The number of hydrogen-bond acceptors (Lipinski definition) is 5.